The van der Waals surface area contributed by atoms with E-state index in [1.165, 1.54) is 4.90 Å². The fourth-order valence-corrected chi connectivity index (χ4v) is 4.27. The molecule has 0 aliphatic carbocycles. The van der Waals surface area contributed by atoms with Crippen molar-refractivity contribution in [1.82, 2.24) is 14.9 Å². The van der Waals surface area contributed by atoms with Crippen molar-refractivity contribution in [2.75, 3.05) is 17.1 Å². The number of rotatable bonds is 7. The molecule has 0 saturated heterocycles. The first kappa shape index (κ1) is 22.5. The maximum Gasteiger partial charge on any atom is 0.258 e. The second kappa shape index (κ2) is 8.89. The maximum atomic E-state index is 13.2. The number of amides is 1. The summed E-state index contributed by atoms with van der Waals surface area (Å²) in [5.41, 5.74) is 1.46. The van der Waals surface area contributed by atoms with Crippen LogP contribution in [0.5, 0.6) is 0 Å². The van der Waals surface area contributed by atoms with Gasteiger partial charge in [0.15, 0.2) is 0 Å². The van der Waals surface area contributed by atoms with E-state index in [1.54, 1.807) is 49.4 Å². The number of sulfonamides is 1. The topological polar surface area (TPSA) is 103 Å². The molecular formula is C22H26N4O4S. The van der Waals surface area contributed by atoms with Gasteiger partial charge in [0, 0.05) is 6.04 Å². The third-order valence-electron chi connectivity index (χ3n) is 4.99. The van der Waals surface area contributed by atoms with E-state index in [4.69, 9.17) is 0 Å². The Morgan fingerprint density at radius 3 is 2.39 bits per heavy atom. The average Bonchev–Trinajstić information content (AvgIpc) is 2.70. The summed E-state index contributed by atoms with van der Waals surface area (Å²) in [7, 11) is -3.69. The van der Waals surface area contributed by atoms with Crippen molar-refractivity contribution >= 4 is 32.5 Å². The number of benzene rings is 2. The van der Waals surface area contributed by atoms with E-state index in [1.807, 2.05) is 19.9 Å². The predicted octanol–water partition coefficient (Wildman–Crippen LogP) is 2.43. The largest absolute Gasteiger partial charge is 0.331 e. The minimum absolute atomic E-state index is 0.0575. The molecule has 164 valence electrons. The van der Waals surface area contributed by atoms with Crippen molar-refractivity contribution in [2.24, 2.45) is 0 Å². The van der Waals surface area contributed by atoms with Gasteiger partial charge in [-0.2, -0.15) is 0 Å². The molecule has 1 aromatic heterocycles. The van der Waals surface area contributed by atoms with Crippen LogP contribution in [-0.2, 0) is 21.4 Å². The molecule has 0 fully saturated rings. The van der Waals surface area contributed by atoms with E-state index >= 15 is 0 Å². The van der Waals surface area contributed by atoms with Gasteiger partial charge in [-0.25, -0.2) is 13.4 Å². The van der Waals surface area contributed by atoms with Gasteiger partial charge in [0.2, 0.25) is 15.9 Å². The molecular weight excluding hydrogens is 416 g/mol. The summed E-state index contributed by atoms with van der Waals surface area (Å²) in [6, 6.07) is 13.7. The SMILES string of the molecule is Cc1ccccc1N(CC(=O)N(Cc1nc2ccccc2c(=O)[nH]1)C(C)C)S(C)(=O)=O. The first-order chi connectivity index (χ1) is 14.6. The number of para-hydroxylation sites is 2. The Morgan fingerprint density at radius 2 is 1.74 bits per heavy atom. The Balaban J connectivity index is 1.91. The molecule has 3 rings (SSSR count). The first-order valence-corrected chi connectivity index (χ1v) is 11.7. The number of H-pyrrole nitrogens is 1. The Morgan fingerprint density at radius 1 is 1.10 bits per heavy atom. The van der Waals surface area contributed by atoms with E-state index in [9.17, 15) is 18.0 Å². The molecule has 0 aliphatic rings. The minimum atomic E-state index is -3.69. The second-order valence-corrected chi connectivity index (χ2v) is 9.61. The molecule has 1 N–H and O–H groups in total. The summed E-state index contributed by atoms with van der Waals surface area (Å²) < 4.78 is 26.0. The van der Waals surface area contributed by atoms with Crippen LogP contribution >= 0.6 is 0 Å². The Hall–Kier alpha value is -3.20. The molecule has 9 heteroatoms. The lowest BCUT2D eigenvalue weighted by Crippen LogP contribution is -2.45. The Kier molecular flexibility index (Phi) is 6.45. The van der Waals surface area contributed by atoms with Gasteiger partial charge in [-0.3, -0.25) is 13.9 Å². The fourth-order valence-electron chi connectivity index (χ4n) is 3.37. The lowest BCUT2D eigenvalue weighted by atomic mass is 10.2. The van der Waals surface area contributed by atoms with E-state index < -0.39 is 10.0 Å². The zero-order valence-corrected chi connectivity index (χ0v) is 18.8. The third-order valence-corrected chi connectivity index (χ3v) is 6.12. The van der Waals surface area contributed by atoms with Crippen molar-refractivity contribution in [3.63, 3.8) is 0 Å². The van der Waals surface area contributed by atoms with Crippen molar-refractivity contribution < 1.29 is 13.2 Å². The molecule has 0 saturated carbocycles. The molecule has 1 heterocycles. The van der Waals surface area contributed by atoms with Gasteiger partial charge in [0.25, 0.3) is 5.56 Å². The Bertz CT molecular complexity index is 1270. The third kappa shape index (κ3) is 5.11. The molecule has 8 nitrogen and oxygen atoms in total. The number of nitrogens with one attached hydrogen (secondary N) is 1. The van der Waals surface area contributed by atoms with Crippen LogP contribution in [0.2, 0.25) is 0 Å². The number of carbonyl (C=O) groups is 1. The number of aromatic nitrogens is 2. The maximum absolute atomic E-state index is 13.2. The summed E-state index contributed by atoms with van der Waals surface area (Å²) in [5, 5.41) is 0.469. The lowest BCUT2D eigenvalue weighted by molar-refractivity contribution is -0.132. The molecule has 0 aliphatic heterocycles. The monoisotopic (exact) mass is 442 g/mol. The first-order valence-electron chi connectivity index (χ1n) is 9.88. The number of fused-ring (bicyclic) bond motifs is 1. The van der Waals surface area contributed by atoms with Crippen LogP contribution in [0.1, 0.15) is 25.2 Å². The van der Waals surface area contributed by atoms with Crippen LogP contribution in [0.3, 0.4) is 0 Å². The molecule has 3 aromatic rings. The summed E-state index contributed by atoms with van der Waals surface area (Å²) in [4.78, 5) is 34.2. The fraction of sp³-hybridized carbons (Fsp3) is 0.318. The highest BCUT2D eigenvalue weighted by Crippen LogP contribution is 2.22. The molecule has 0 bridgehead atoms. The summed E-state index contributed by atoms with van der Waals surface area (Å²) in [6.45, 7) is 5.16. The predicted molar refractivity (Wildman–Crippen MR) is 121 cm³/mol. The van der Waals surface area contributed by atoms with Crippen LogP contribution in [0.4, 0.5) is 5.69 Å². The average molecular weight is 443 g/mol. The molecule has 0 spiro atoms. The van der Waals surface area contributed by atoms with Crippen LogP contribution < -0.4 is 9.86 Å². The molecule has 31 heavy (non-hydrogen) atoms. The highest BCUT2D eigenvalue weighted by molar-refractivity contribution is 7.92. The van der Waals surface area contributed by atoms with Crippen LogP contribution in [-0.4, -0.2) is 48.0 Å². The summed E-state index contributed by atoms with van der Waals surface area (Å²) in [5.74, 6) is -0.0490. The van der Waals surface area contributed by atoms with Gasteiger partial charge in [-0.15, -0.1) is 0 Å². The summed E-state index contributed by atoms with van der Waals surface area (Å²) >= 11 is 0. The van der Waals surface area contributed by atoms with Gasteiger partial charge < -0.3 is 9.88 Å². The second-order valence-electron chi connectivity index (χ2n) is 7.70. The van der Waals surface area contributed by atoms with Crippen molar-refractivity contribution in [3.8, 4) is 0 Å². The normalized spacial score (nSPS) is 11.6. The number of nitrogens with zero attached hydrogens (tertiary/aromatic N) is 3. The molecule has 0 unspecified atom stereocenters. The molecule has 2 aromatic carbocycles. The summed E-state index contributed by atoms with van der Waals surface area (Å²) in [6.07, 6.45) is 1.08. The zero-order valence-electron chi connectivity index (χ0n) is 18.0. The quantitative estimate of drug-likeness (QED) is 0.605. The lowest BCUT2D eigenvalue weighted by Gasteiger charge is -2.30. The number of aromatic amines is 1. The minimum Gasteiger partial charge on any atom is -0.331 e. The van der Waals surface area contributed by atoms with Crippen molar-refractivity contribution in [2.45, 2.75) is 33.4 Å². The molecule has 1 amide bonds. The van der Waals surface area contributed by atoms with Gasteiger partial charge in [0.1, 0.15) is 12.4 Å². The number of carbonyl (C=O) groups excluding carboxylic acids is 1. The van der Waals surface area contributed by atoms with Gasteiger partial charge >= 0.3 is 0 Å². The highest BCUT2D eigenvalue weighted by Gasteiger charge is 2.27. The zero-order chi connectivity index (χ0) is 22.8. The Labute approximate surface area is 181 Å². The van der Waals surface area contributed by atoms with Crippen molar-refractivity contribution in [1.29, 1.82) is 0 Å². The number of aryl methyl sites for hydroxylation is 1. The van der Waals surface area contributed by atoms with E-state index in [-0.39, 0.29) is 30.6 Å². The van der Waals surface area contributed by atoms with Crippen molar-refractivity contribution in [3.05, 3.63) is 70.3 Å². The van der Waals surface area contributed by atoms with E-state index in [2.05, 4.69) is 9.97 Å². The van der Waals surface area contributed by atoms with Crippen LogP contribution in [0.25, 0.3) is 10.9 Å². The van der Waals surface area contributed by atoms with Crippen LogP contribution in [0.15, 0.2) is 53.3 Å². The van der Waals surface area contributed by atoms with Gasteiger partial charge in [-0.1, -0.05) is 30.3 Å². The number of hydrogen-bond donors (Lipinski definition) is 1. The molecule has 0 atom stereocenters. The van der Waals surface area contributed by atoms with Gasteiger partial charge in [-0.05, 0) is 44.5 Å². The number of anilines is 1. The smallest absolute Gasteiger partial charge is 0.258 e. The molecule has 0 radical (unpaired) electrons. The van der Waals surface area contributed by atoms with Crippen LogP contribution in [0, 0.1) is 6.92 Å². The highest BCUT2D eigenvalue weighted by atomic mass is 32.2. The van der Waals surface area contributed by atoms with E-state index in [0.29, 0.717) is 22.4 Å². The number of hydrogen-bond acceptors (Lipinski definition) is 5. The van der Waals surface area contributed by atoms with E-state index in [0.717, 1.165) is 16.1 Å². The standard InChI is InChI=1S/C22H26N4O4S/c1-15(2)25(13-20-23-18-11-7-6-10-17(18)22(28)24-20)21(27)14-26(31(4,29)30)19-12-8-5-9-16(19)3/h5-12,15H,13-14H2,1-4H3,(H,23,24,28). The van der Waals surface area contributed by atoms with Gasteiger partial charge in [0.05, 0.1) is 29.4 Å².